The Kier molecular flexibility index (Phi) is 4.25. The third-order valence-corrected chi connectivity index (χ3v) is 2.60. The molecule has 18 heavy (non-hydrogen) atoms. The first kappa shape index (κ1) is 14.0. The quantitative estimate of drug-likeness (QED) is 0.654. The van der Waals surface area contributed by atoms with Crippen LogP contribution in [0.15, 0.2) is 18.2 Å². The fourth-order valence-electron chi connectivity index (χ4n) is 1.61. The van der Waals surface area contributed by atoms with Crippen molar-refractivity contribution in [3.63, 3.8) is 0 Å². The van der Waals surface area contributed by atoms with Gasteiger partial charge in [-0.05, 0) is 25.5 Å². The highest BCUT2D eigenvalue weighted by Crippen LogP contribution is 2.21. The smallest absolute Gasteiger partial charge is 0.269 e. The molecule has 1 aromatic carbocycles. The number of non-ortho nitro benzene ring substituents is 1. The number of nitro benzene ring substituents is 1. The second-order valence-corrected chi connectivity index (χ2v) is 4.36. The van der Waals surface area contributed by atoms with Gasteiger partial charge in [0.05, 0.1) is 4.92 Å². The highest BCUT2D eigenvalue weighted by molar-refractivity contribution is 5.84. The van der Waals surface area contributed by atoms with Gasteiger partial charge in [-0.25, -0.2) is 0 Å². The monoisotopic (exact) mass is 251 g/mol. The van der Waals surface area contributed by atoms with Crippen LogP contribution in [0.25, 0.3) is 0 Å². The van der Waals surface area contributed by atoms with Gasteiger partial charge in [0.1, 0.15) is 6.04 Å². The Morgan fingerprint density at radius 3 is 2.50 bits per heavy atom. The maximum Gasteiger partial charge on any atom is 0.269 e. The summed E-state index contributed by atoms with van der Waals surface area (Å²) in [4.78, 5) is 23.4. The third-order valence-electron chi connectivity index (χ3n) is 2.60. The van der Waals surface area contributed by atoms with Gasteiger partial charge in [0.2, 0.25) is 5.91 Å². The number of amides is 1. The number of rotatable bonds is 4. The number of carbonyl (C=O) groups is 1. The van der Waals surface area contributed by atoms with Crippen molar-refractivity contribution in [1.82, 2.24) is 4.90 Å². The van der Waals surface area contributed by atoms with Crippen LogP contribution in [-0.2, 0) is 4.79 Å². The fourth-order valence-corrected chi connectivity index (χ4v) is 1.61. The third kappa shape index (κ3) is 3.19. The van der Waals surface area contributed by atoms with Crippen molar-refractivity contribution < 1.29 is 9.72 Å². The topological polar surface area (TPSA) is 75.5 Å². The lowest BCUT2D eigenvalue weighted by atomic mass is 10.1. The Bertz CT molecular complexity index is 472. The van der Waals surface area contributed by atoms with E-state index in [1.807, 2.05) is 0 Å². The number of hydrogen-bond donors (Lipinski definition) is 1. The molecule has 1 aromatic rings. The maximum atomic E-state index is 11.7. The van der Waals surface area contributed by atoms with Gasteiger partial charge in [-0.2, -0.15) is 0 Å². The highest BCUT2D eigenvalue weighted by Gasteiger charge is 2.16. The average Bonchev–Trinajstić information content (AvgIpc) is 2.30. The van der Waals surface area contributed by atoms with Crippen molar-refractivity contribution in [2.45, 2.75) is 19.9 Å². The Hall–Kier alpha value is -2.11. The first-order valence-electron chi connectivity index (χ1n) is 5.55. The maximum absolute atomic E-state index is 11.7. The van der Waals surface area contributed by atoms with Crippen LogP contribution in [0.5, 0.6) is 0 Å². The lowest BCUT2D eigenvalue weighted by Gasteiger charge is -2.19. The predicted octanol–water partition coefficient (Wildman–Crippen LogP) is 1.79. The van der Waals surface area contributed by atoms with E-state index in [1.165, 1.54) is 17.0 Å². The molecule has 0 heterocycles. The SMILES string of the molecule is Cc1cc([N+](=O)[O-])ccc1NC(C)C(=O)N(C)C. The van der Waals surface area contributed by atoms with E-state index in [4.69, 9.17) is 0 Å². The number of anilines is 1. The molecule has 6 heteroatoms. The van der Waals surface area contributed by atoms with Gasteiger partial charge in [0.15, 0.2) is 0 Å². The molecule has 0 aromatic heterocycles. The van der Waals surface area contributed by atoms with E-state index >= 15 is 0 Å². The molecule has 0 radical (unpaired) electrons. The molecule has 1 rings (SSSR count). The summed E-state index contributed by atoms with van der Waals surface area (Å²) in [6, 6.07) is 4.14. The van der Waals surface area contributed by atoms with Crippen LogP contribution < -0.4 is 5.32 Å². The van der Waals surface area contributed by atoms with Crippen LogP contribution in [0.3, 0.4) is 0 Å². The molecule has 6 nitrogen and oxygen atoms in total. The van der Waals surface area contributed by atoms with Gasteiger partial charge in [-0.3, -0.25) is 14.9 Å². The Morgan fingerprint density at radius 1 is 1.44 bits per heavy atom. The molecule has 1 amide bonds. The zero-order chi connectivity index (χ0) is 13.9. The molecule has 1 unspecified atom stereocenters. The zero-order valence-electron chi connectivity index (χ0n) is 10.9. The van der Waals surface area contributed by atoms with Gasteiger partial charge < -0.3 is 10.2 Å². The summed E-state index contributed by atoms with van der Waals surface area (Å²) < 4.78 is 0. The standard InChI is InChI=1S/C12H17N3O3/c1-8-7-10(15(17)18)5-6-11(8)13-9(2)12(16)14(3)4/h5-7,9,13H,1-4H3. The van der Waals surface area contributed by atoms with E-state index in [2.05, 4.69) is 5.32 Å². The Balaban J connectivity index is 2.86. The highest BCUT2D eigenvalue weighted by atomic mass is 16.6. The van der Waals surface area contributed by atoms with Gasteiger partial charge in [-0.1, -0.05) is 0 Å². The normalized spacial score (nSPS) is 11.8. The summed E-state index contributed by atoms with van der Waals surface area (Å²) in [5, 5.41) is 13.7. The van der Waals surface area contributed by atoms with Crippen LogP contribution in [0.2, 0.25) is 0 Å². The number of nitrogens with zero attached hydrogens (tertiary/aromatic N) is 2. The largest absolute Gasteiger partial charge is 0.374 e. The van der Waals surface area contributed by atoms with Crippen LogP contribution in [0.4, 0.5) is 11.4 Å². The number of nitro groups is 1. The summed E-state index contributed by atoms with van der Waals surface area (Å²) in [5.41, 5.74) is 1.51. The van der Waals surface area contributed by atoms with Crippen LogP contribution >= 0.6 is 0 Å². The molecular weight excluding hydrogens is 234 g/mol. The fraction of sp³-hybridized carbons (Fsp3) is 0.417. The summed E-state index contributed by atoms with van der Waals surface area (Å²) >= 11 is 0. The van der Waals surface area contributed by atoms with Gasteiger partial charge in [-0.15, -0.1) is 0 Å². The first-order valence-corrected chi connectivity index (χ1v) is 5.55. The minimum atomic E-state index is -0.439. The van der Waals surface area contributed by atoms with Crippen molar-refractivity contribution in [1.29, 1.82) is 0 Å². The second-order valence-electron chi connectivity index (χ2n) is 4.36. The molecule has 0 saturated heterocycles. The van der Waals surface area contributed by atoms with Crippen molar-refractivity contribution >= 4 is 17.3 Å². The van der Waals surface area contributed by atoms with Crippen LogP contribution in [0, 0.1) is 17.0 Å². The Morgan fingerprint density at radius 2 is 2.06 bits per heavy atom. The summed E-state index contributed by atoms with van der Waals surface area (Å²) in [7, 11) is 3.37. The van der Waals surface area contributed by atoms with Crippen molar-refractivity contribution in [3.05, 3.63) is 33.9 Å². The van der Waals surface area contributed by atoms with Gasteiger partial charge >= 0.3 is 0 Å². The van der Waals surface area contributed by atoms with E-state index in [0.717, 1.165) is 11.3 Å². The van der Waals surface area contributed by atoms with Crippen molar-refractivity contribution in [2.75, 3.05) is 19.4 Å². The van der Waals surface area contributed by atoms with Crippen LogP contribution in [0.1, 0.15) is 12.5 Å². The van der Waals surface area contributed by atoms with Crippen LogP contribution in [-0.4, -0.2) is 35.9 Å². The van der Waals surface area contributed by atoms with Gasteiger partial charge in [0.25, 0.3) is 5.69 Å². The second kappa shape index (κ2) is 5.48. The molecule has 1 atom stereocenters. The molecule has 0 fully saturated rings. The van der Waals surface area contributed by atoms with Crippen molar-refractivity contribution in [2.24, 2.45) is 0 Å². The lowest BCUT2D eigenvalue weighted by molar-refractivity contribution is -0.384. The number of nitrogens with one attached hydrogen (secondary N) is 1. The molecule has 0 aliphatic heterocycles. The zero-order valence-corrected chi connectivity index (χ0v) is 10.9. The summed E-state index contributed by atoms with van der Waals surface area (Å²) in [6.45, 7) is 3.52. The number of hydrogen-bond acceptors (Lipinski definition) is 4. The van der Waals surface area contributed by atoms with E-state index in [-0.39, 0.29) is 17.6 Å². The molecule has 1 N–H and O–H groups in total. The number of aryl methyl sites for hydroxylation is 1. The minimum Gasteiger partial charge on any atom is -0.374 e. The number of benzene rings is 1. The molecule has 0 spiro atoms. The number of carbonyl (C=O) groups excluding carboxylic acids is 1. The van der Waals surface area contributed by atoms with E-state index in [1.54, 1.807) is 34.0 Å². The van der Waals surface area contributed by atoms with E-state index < -0.39 is 4.92 Å². The summed E-state index contributed by atoms with van der Waals surface area (Å²) in [6.07, 6.45) is 0. The number of likely N-dealkylation sites (N-methyl/N-ethyl adjacent to an activating group) is 1. The van der Waals surface area contributed by atoms with E-state index in [9.17, 15) is 14.9 Å². The molecule has 98 valence electrons. The summed E-state index contributed by atoms with van der Waals surface area (Å²) in [5.74, 6) is -0.0484. The minimum absolute atomic E-state index is 0.0460. The average molecular weight is 251 g/mol. The molecule has 0 aliphatic rings. The van der Waals surface area contributed by atoms with E-state index in [0.29, 0.717) is 0 Å². The molecule has 0 aliphatic carbocycles. The van der Waals surface area contributed by atoms with Crippen molar-refractivity contribution in [3.8, 4) is 0 Å². The van der Waals surface area contributed by atoms with Gasteiger partial charge in [0, 0.05) is 31.9 Å². The first-order chi connectivity index (χ1) is 8.32. The molecule has 0 bridgehead atoms. The Labute approximate surface area is 106 Å². The molecular formula is C12H17N3O3. The lowest BCUT2D eigenvalue weighted by Crippen LogP contribution is -2.36. The predicted molar refractivity (Wildman–Crippen MR) is 69.6 cm³/mol. The molecule has 0 saturated carbocycles.